The molecule has 0 amide bonds. The first-order valence-electron chi connectivity index (χ1n) is 6.82. The molecule has 1 aliphatic rings. The zero-order valence-electron chi connectivity index (χ0n) is 13.1. The van der Waals surface area contributed by atoms with E-state index >= 15 is 0 Å². The van der Waals surface area contributed by atoms with Gasteiger partial charge in [-0.15, -0.1) is 0 Å². The molecule has 0 spiro atoms. The van der Waals surface area contributed by atoms with Gasteiger partial charge in [-0.1, -0.05) is 0 Å². The summed E-state index contributed by atoms with van der Waals surface area (Å²) >= 11 is 0. The van der Waals surface area contributed by atoms with E-state index in [1.165, 1.54) is 19.4 Å². The van der Waals surface area contributed by atoms with Crippen LogP contribution in [0.4, 0.5) is 0 Å². The molecule has 0 saturated carbocycles. The summed E-state index contributed by atoms with van der Waals surface area (Å²) in [5.74, 6) is 0.00923. The fourth-order valence-electron chi connectivity index (χ4n) is 2.13. The molecule has 26 heavy (non-hydrogen) atoms. The highest BCUT2D eigenvalue weighted by molar-refractivity contribution is 7.60. The second-order valence-electron chi connectivity index (χ2n) is 5.04. The average Bonchev–Trinajstić information content (AvgIpc) is 2.79. The van der Waals surface area contributed by atoms with Crippen LogP contribution in [0.2, 0.25) is 0 Å². The highest BCUT2D eigenvalue weighted by Crippen LogP contribution is 2.57. The van der Waals surface area contributed by atoms with Crippen molar-refractivity contribution in [2.24, 2.45) is 0 Å². The van der Waals surface area contributed by atoms with Crippen LogP contribution in [0, 0.1) is 0 Å². The number of rotatable bonds is 7. The zero-order chi connectivity index (χ0) is 19.7. The second-order valence-corrected chi connectivity index (χ2v) is 7.87. The minimum atomic E-state index is -5.31. The predicted molar refractivity (Wildman–Crippen MR) is 79.9 cm³/mol. The van der Waals surface area contributed by atoms with Crippen molar-refractivity contribution in [1.29, 1.82) is 0 Å². The molecule has 0 radical (unpaired) electrons. The number of hydrogen-bond donors (Lipinski definition) is 5. The number of nitrogens with zero attached hydrogens (tertiary/aromatic N) is 2. The molecule has 0 aliphatic carbocycles. The van der Waals surface area contributed by atoms with Crippen molar-refractivity contribution in [3.05, 3.63) is 22.7 Å². The lowest BCUT2D eigenvalue weighted by molar-refractivity contribution is -0.0543. The van der Waals surface area contributed by atoms with E-state index in [-0.39, 0.29) is 5.88 Å². The third-order valence-corrected chi connectivity index (χ3v) is 5.39. The summed E-state index contributed by atoms with van der Waals surface area (Å²) < 4.78 is 40.7. The van der Waals surface area contributed by atoms with E-state index in [4.69, 9.17) is 19.3 Å². The van der Waals surface area contributed by atoms with Crippen molar-refractivity contribution in [2.75, 3.05) is 13.7 Å². The molecule has 1 saturated heterocycles. The van der Waals surface area contributed by atoms with Gasteiger partial charge in [0.25, 0.3) is 0 Å². The number of aromatic nitrogens is 2. The first-order valence-corrected chi connectivity index (χ1v) is 9.85. The standard InChI is InChI=1S/C10H16N2O12P2/c1-21-6-2-3-12(10(15)11-6)9-8(14)7(13)5(23-9)4-22-26(19,20)24-25(16,17)18/h2-3,5,7-9,13-14H,4H2,1H3,(H,19,20)(H2,16,17,18)/t5-,7-,8-,9-/m1/s1. The maximum absolute atomic E-state index is 11.9. The molecule has 2 heterocycles. The van der Waals surface area contributed by atoms with E-state index in [2.05, 4.69) is 13.8 Å². The molecule has 5 atom stereocenters. The summed E-state index contributed by atoms with van der Waals surface area (Å²) in [6.07, 6.45) is -4.90. The van der Waals surface area contributed by atoms with E-state index in [1.54, 1.807) is 0 Å². The quantitative estimate of drug-likeness (QED) is 0.307. The molecule has 5 N–H and O–H groups in total. The molecule has 0 bridgehead atoms. The molecule has 2 rings (SSSR count). The monoisotopic (exact) mass is 418 g/mol. The smallest absolute Gasteiger partial charge is 0.481 e. The van der Waals surface area contributed by atoms with Crippen LogP contribution < -0.4 is 10.4 Å². The van der Waals surface area contributed by atoms with Crippen molar-refractivity contribution < 1.29 is 52.3 Å². The molecule has 148 valence electrons. The Kier molecular flexibility index (Phi) is 6.36. The minimum Gasteiger partial charge on any atom is -0.481 e. The van der Waals surface area contributed by atoms with Gasteiger partial charge in [-0.3, -0.25) is 9.09 Å². The van der Waals surface area contributed by atoms with Crippen molar-refractivity contribution in [3.8, 4) is 5.88 Å². The van der Waals surface area contributed by atoms with Crippen LogP contribution in [-0.4, -0.2) is 66.5 Å². The van der Waals surface area contributed by atoms with Gasteiger partial charge < -0.3 is 34.4 Å². The molecule has 1 aromatic rings. The fraction of sp³-hybridized carbons (Fsp3) is 0.600. The zero-order valence-corrected chi connectivity index (χ0v) is 14.8. The summed E-state index contributed by atoms with van der Waals surface area (Å²) in [6.45, 7) is -0.874. The van der Waals surface area contributed by atoms with Crippen LogP contribution in [0.15, 0.2) is 17.1 Å². The van der Waals surface area contributed by atoms with Gasteiger partial charge in [-0.05, 0) is 0 Å². The molecular formula is C10H16N2O12P2. The van der Waals surface area contributed by atoms with Gasteiger partial charge >= 0.3 is 21.3 Å². The number of aliphatic hydroxyl groups excluding tert-OH is 2. The highest BCUT2D eigenvalue weighted by Gasteiger charge is 2.45. The Labute approximate surface area is 145 Å². The van der Waals surface area contributed by atoms with Crippen LogP contribution in [0.1, 0.15) is 6.23 Å². The normalized spacial score (nSPS) is 28.7. The van der Waals surface area contributed by atoms with Crippen molar-refractivity contribution in [1.82, 2.24) is 9.55 Å². The van der Waals surface area contributed by atoms with Crippen LogP contribution in [-0.2, 0) is 22.7 Å². The molecule has 1 aromatic heterocycles. The Morgan fingerprint density at radius 2 is 1.92 bits per heavy atom. The van der Waals surface area contributed by atoms with Gasteiger partial charge in [0.1, 0.15) is 18.3 Å². The van der Waals surface area contributed by atoms with Crippen molar-refractivity contribution >= 4 is 15.6 Å². The molecule has 16 heteroatoms. The Balaban J connectivity index is 2.09. The van der Waals surface area contributed by atoms with Crippen LogP contribution >= 0.6 is 15.6 Å². The third-order valence-electron chi connectivity index (χ3n) is 3.24. The molecule has 1 fully saturated rings. The summed E-state index contributed by atoms with van der Waals surface area (Å²) in [5, 5.41) is 19.9. The maximum atomic E-state index is 11.9. The largest absolute Gasteiger partial charge is 0.481 e. The van der Waals surface area contributed by atoms with Gasteiger partial charge in [0.15, 0.2) is 6.23 Å². The summed E-state index contributed by atoms with van der Waals surface area (Å²) in [7, 11) is -9.18. The Morgan fingerprint density at radius 1 is 1.27 bits per heavy atom. The van der Waals surface area contributed by atoms with Gasteiger partial charge in [0, 0.05) is 12.3 Å². The van der Waals surface area contributed by atoms with E-state index in [1.807, 2.05) is 0 Å². The molecular weight excluding hydrogens is 402 g/mol. The first-order chi connectivity index (χ1) is 11.9. The number of phosphoric ester groups is 1. The Bertz CT molecular complexity index is 792. The predicted octanol–water partition coefficient (Wildman–Crippen LogP) is -1.90. The van der Waals surface area contributed by atoms with Gasteiger partial charge in [0.05, 0.1) is 13.7 Å². The third kappa shape index (κ3) is 5.18. The Morgan fingerprint density at radius 3 is 2.46 bits per heavy atom. The lowest BCUT2D eigenvalue weighted by Gasteiger charge is -2.17. The summed E-state index contributed by atoms with van der Waals surface area (Å²) in [6, 6.07) is 1.30. The average molecular weight is 418 g/mol. The van der Waals surface area contributed by atoms with Gasteiger partial charge in [-0.2, -0.15) is 9.29 Å². The van der Waals surface area contributed by atoms with Crippen LogP contribution in [0.3, 0.4) is 0 Å². The fourth-order valence-corrected chi connectivity index (χ4v) is 3.73. The highest BCUT2D eigenvalue weighted by atomic mass is 31.3. The van der Waals surface area contributed by atoms with Crippen molar-refractivity contribution in [3.63, 3.8) is 0 Å². The van der Waals surface area contributed by atoms with Crippen LogP contribution in [0.5, 0.6) is 5.88 Å². The van der Waals surface area contributed by atoms with E-state index < -0.39 is 52.5 Å². The van der Waals surface area contributed by atoms with E-state index in [0.29, 0.717) is 0 Å². The second kappa shape index (κ2) is 7.82. The minimum absolute atomic E-state index is 0.00923. The first kappa shape index (κ1) is 21.1. The molecule has 1 unspecified atom stereocenters. The van der Waals surface area contributed by atoms with Crippen LogP contribution in [0.25, 0.3) is 0 Å². The number of phosphoric acid groups is 2. The number of aliphatic hydroxyl groups is 2. The molecule has 0 aromatic carbocycles. The van der Waals surface area contributed by atoms with E-state index in [0.717, 1.165) is 4.57 Å². The topological polar surface area (TPSA) is 207 Å². The van der Waals surface area contributed by atoms with Crippen molar-refractivity contribution in [2.45, 2.75) is 24.5 Å². The molecule has 14 nitrogen and oxygen atoms in total. The summed E-state index contributed by atoms with van der Waals surface area (Å²) in [4.78, 5) is 41.6. The number of hydrogen-bond acceptors (Lipinski definition) is 10. The lowest BCUT2D eigenvalue weighted by atomic mass is 10.1. The van der Waals surface area contributed by atoms with Gasteiger partial charge in [0.2, 0.25) is 5.88 Å². The van der Waals surface area contributed by atoms with E-state index in [9.17, 15) is 29.0 Å². The van der Waals surface area contributed by atoms with Gasteiger partial charge in [-0.25, -0.2) is 13.9 Å². The lowest BCUT2D eigenvalue weighted by Crippen LogP contribution is -2.36. The summed E-state index contributed by atoms with van der Waals surface area (Å²) in [5.41, 5.74) is -0.861. The Hall–Kier alpha value is -1.18. The number of ether oxygens (including phenoxy) is 2. The SMILES string of the molecule is COc1ccn([C@@H]2O[C@H](COP(=O)(O)OP(=O)(O)O)[C@@H](O)[C@H]2O)c(=O)n1. The maximum Gasteiger partial charge on any atom is 0.481 e. The number of methoxy groups -OCH3 is 1. The molecule has 1 aliphatic heterocycles.